The van der Waals surface area contributed by atoms with Crippen LogP contribution in [0.3, 0.4) is 0 Å². The third kappa shape index (κ3) is 3.47. The number of piperidine rings is 1. The molecule has 7 heteroatoms. The number of carbonyl (C=O) groups is 1. The number of amides is 1. The highest BCUT2D eigenvalue weighted by Gasteiger charge is 2.31. The predicted molar refractivity (Wildman–Crippen MR) is 88.3 cm³/mol. The second-order valence-corrected chi connectivity index (χ2v) is 7.29. The van der Waals surface area contributed by atoms with E-state index in [0.29, 0.717) is 12.6 Å². The molecule has 3 aliphatic heterocycles. The average Bonchev–Trinajstić information content (AvgIpc) is 3.37. The third-order valence-corrected chi connectivity index (χ3v) is 5.57. The summed E-state index contributed by atoms with van der Waals surface area (Å²) in [7, 11) is 0. The fourth-order valence-corrected chi connectivity index (χ4v) is 4.07. The van der Waals surface area contributed by atoms with E-state index in [-0.39, 0.29) is 11.8 Å². The summed E-state index contributed by atoms with van der Waals surface area (Å²) in [4.78, 5) is 16.9. The van der Waals surface area contributed by atoms with Gasteiger partial charge in [0.1, 0.15) is 0 Å². The first kappa shape index (κ1) is 16.0. The van der Waals surface area contributed by atoms with Crippen molar-refractivity contribution in [3.05, 3.63) is 11.9 Å². The molecule has 7 nitrogen and oxygen atoms in total. The molecule has 3 aliphatic rings. The first-order valence-electron chi connectivity index (χ1n) is 9.29. The Bertz CT molecular complexity index is 555. The maximum Gasteiger partial charge on any atom is 0.228 e. The minimum Gasteiger partial charge on any atom is -0.381 e. The molecule has 1 amide bonds. The van der Waals surface area contributed by atoms with Crippen LogP contribution < -0.4 is 0 Å². The molecule has 4 heterocycles. The fraction of sp³-hybridized carbons (Fsp3) is 0.824. The van der Waals surface area contributed by atoms with Gasteiger partial charge in [0.25, 0.3) is 0 Å². The third-order valence-electron chi connectivity index (χ3n) is 5.57. The Balaban J connectivity index is 1.29. The summed E-state index contributed by atoms with van der Waals surface area (Å²) < 4.78 is 7.36. The highest BCUT2D eigenvalue weighted by Crippen LogP contribution is 2.25. The van der Waals surface area contributed by atoms with E-state index in [1.165, 1.54) is 25.9 Å². The van der Waals surface area contributed by atoms with Crippen LogP contribution in [-0.2, 0) is 16.1 Å². The van der Waals surface area contributed by atoms with Gasteiger partial charge in [-0.15, -0.1) is 5.10 Å². The average molecular weight is 333 g/mol. The van der Waals surface area contributed by atoms with Crippen molar-refractivity contribution in [2.45, 2.75) is 44.7 Å². The maximum absolute atomic E-state index is 12.4. The number of nitrogens with zero attached hydrogens (tertiary/aromatic N) is 5. The van der Waals surface area contributed by atoms with Crippen LogP contribution >= 0.6 is 0 Å². The van der Waals surface area contributed by atoms with E-state index in [2.05, 4.69) is 21.4 Å². The number of aromatic nitrogens is 3. The van der Waals surface area contributed by atoms with E-state index in [9.17, 15) is 4.79 Å². The molecule has 132 valence electrons. The summed E-state index contributed by atoms with van der Waals surface area (Å²) in [5, 5.41) is 8.69. The minimum atomic E-state index is 0.0833. The lowest BCUT2D eigenvalue weighted by Gasteiger charge is -2.33. The normalized spacial score (nSPS) is 26.3. The number of rotatable bonds is 4. The molecule has 3 fully saturated rings. The number of hydrogen-bond donors (Lipinski definition) is 0. The summed E-state index contributed by atoms with van der Waals surface area (Å²) in [6.07, 6.45) is 7.50. The van der Waals surface area contributed by atoms with Crippen LogP contribution in [0.15, 0.2) is 6.20 Å². The van der Waals surface area contributed by atoms with Gasteiger partial charge in [0.05, 0.1) is 30.5 Å². The van der Waals surface area contributed by atoms with Gasteiger partial charge in [-0.25, -0.2) is 4.68 Å². The Morgan fingerprint density at radius 3 is 2.67 bits per heavy atom. The molecular formula is C17H27N5O2. The first-order chi connectivity index (χ1) is 11.8. The quantitative estimate of drug-likeness (QED) is 0.825. The van der Waals surface area contributed by atoms with E-state index < -0.39 is 0 Å². The number of likely N-dealkylation sites (tertiary alicyclic amines) is 2. The Kier molecular flexibility index (Phi) is 4.80. The SMILES string of the molecule is O=C(C1CCOC1)N1CCC(n2cc(CN3CCCC3)nn2)CC1. The molecule has 0 radical (unpaired) electrons. The maximum atomic E-state index is 12.4. The second-order valence-electron chi connectivity index (χ2n) is 7.29. The van der Waals surface area contributed by atoms with Crippen LogP contribution in [0, 0.1) is 5.92 Å². The Morgan fingerprint density at radius 2 is 1.96 bits per heavy atom. The molecule has 0 N–H and O–H groups in total. The molecule has 0 spiro atoms. The molecule has 1 aromatic rings. The van der Waals surface area contributed by atoms with Crippen LogP contribution in [0.1, 0.15) is 43.8 Å². The zero-order valence-corrected chi connectivity index (χ0v) is 14.3. The van der Waals surface area contributed by atoms with Gasteiger partial charge in [0.2, 0.25) is 5.91 Å². The molecule has 3 saturated heterocycles. The van der Waals surface area contributed by atoms with E-state index in [4.69, 9.17) is 4.74 Å². The summed E-state index contributed by atoms with van der Waals surface area (Å²) in [5.41, 5.74) is 1.07. The molecule has 0 aliphatic carbocycles. The van der Waals surface area contributed by atoms with E-state index in [0.717, 1.165) is 51.2 Å². The lowest BCUT2D eigenvalue weighted by atomic mass is 10.0. The van der Waals surface area contributed by atoms with Crippen LogP contribution in [0.4, 0.5) is 0 Å². The van der Waals surface area contributed by atoms with Gasteiger partial charge in [-0.2, -0.15) is 0 Å². The molecule has 24 heavy (non-hydrogen) atoms. The number of ether oxygens (including phenoxy) is 1. The van der Waals surface area contributed by atoms with Crippen LogP contribution in [0.2, 0.25) is 0 Å². The Labute approximate surface area is 142 Å². The number of carbonyl (C=O) groups excluding carboxylic acids is 1. The van der Waals surface area contributed by atoms with E-state index in [1.807, 2.05) is 9.58 Å². The Morgan fingerprint density at radius 1 is 1.17 bits per heavy atom. The molecule has 0 aromatic carbocycles. The summed E-state index contributed by atoms with van der Waals surface area (Å²) in [5.74, 6) is 0.360. The summed E-state index contributed by atoms with van der Waals surface area (Å²) >= 11 is 0. The molecule has 1 aromatic heterocycles. The zero-order chi connectivity index (χ0) is 16.4. The van der Waals surface area contributed by atoms with Crippen molar-refractivity contribution >= 4 is 5.91 Å². The van der Waals surface area contributed by atoms with Crippen LogP contribution in [-0.4, -0.2) is 70.1 Å². The van der Waals surface area contributed by atoms with Crippen molar-refractivity contribution in [1.29, 1.82) is 0 Å². The standard InChI is InChI=1S/C17H27N5O2/c23-17(14-5-10-24-13-14)21-8-3-16(4-9-21)22-12-15(18-19-22)11-20-6-1-2-7-20/h12,14,16H,1-11,13H2. The van der Waals surface area contributed by atoms with E-state index in [1.54, 1.807) is 0 Å². The topological polar surface area (TPSA) is 63.5 Å². The van der Waals surface area contributed by atoms with Gasteiger partial charge in [-0.05, 0) is 45.2 Å². The first-order valence-corrected chi connectivity index (χ1v) is 9.29. The Hall–Kier alpha value is -1.47. The smallest absolute Gasteiger partial charge is 0.228 e. The highest BCUT2D eigenvalue weighted by molar-refractivity contribution is 5.79. The second kappa shape index (κ2) is 7.19. The number of hydrogen-bond acceptors (Lipinski definition) is 5. The van der Waals surface area contributed by atoms with Gasteiger partial charge in [0.15, 0.2) is 0 Å². The van der Waals surface area contributed by atoms with Gasteiger partial charge in [-0.3, -0.25) is 9.69 Å². The monoisotopic (exact) mass is 333 g/mol. The van der Waals surface area contributed by atoms with Crippen molar-refractivity contribution in [2.24, 2.45) is 5.92 Å². The molecular weight excluding hydrogens is 306 g/mol. The van der Waals surface area contributed by atoms with Gasteiger partial charge >= 0.3 is 0 Å². The van der Waals surface area contributed by atoms with Crippen LogP contribution in [0.5, 0.6) is 0 Å². The zero-order valence-electron chi connectivity index (χ0n) is 14.3. The van der Waals surface area contributed by atoms with Crippen LogP contribution in [0.25, 0.3) is 0 Å². The van der Waals surface area contributed by atoms with Crippen molar-refractivity contribution in [3.63, 3.8) is 0 Å². The van der Waals surface area contributed by atoms with Crippen molar-refractivity contribution in [1.82, 2.24) is 24.8 Å². The fourth-order valence-electron chi connectivity index (χ4n) is 4.07. The molecule has 1 atom stereocenters. The molecule has 1 unspecified atom stereocenters. The van der Waals surface area contributed by atoms with Crippen molar-refractivity contribution in [3.8, 4) is 0 Å². The van der Waals surface area contributed by atoms with Crippen molar-refractivity contribution in [2.75, 3.05) is 39.4 Å². The highest BCUT2D eigenvalue weighted by atomic mass is 16.5. The van der Waals surface area contributed by atoms with Crippen molar-refractivity contribution < 1.29 is 9.53 Å². The minimum absolute atomic E-state index is 0.0833. The molecule has 4 rings (SSSR count). The lowest BCUT2D eigenvalue weighted by Crippen LogP contribution is -2.42. The van der Waals surface area contributed by atoms with E-state index >= 15 is 0 Å². The largest absolute Gasteiger partial charge is 0.381 e. The summed E-state index contributed by atoms with van der Waals surface area (Å²) in [6, 6.07) is 0.369. The van der Waals surface area contributed by atoms with Gasteiger partial charge < -0.3 is 9.64 Å². The molecule has 0 saturated carbocycles. The molecule has 0 bridgehead atoms. The summed E-state index contributed by atoms with van der Waals surface area (Å²) in [6.45, 7) is 6.24. The lowest BCUT2D eigenvalue weighted by molar-refractivity contribution is -0.136. The predicted octanol–water partition coefficient (Wildman–Crippen LogP) is 1.07. The van der Waals surface area contributed by atoms with Gasteiger partial charge in [0, 0.05) is 26.2 Å². The van der Waals surface area contributed by atoms with Gasteiger partial charge in [-0.1, -0.05) is 5.21 Å².